The summed E-state index contributed by atoms with van der Waals surface area (Å²) in [6, 6.07) is 21.0. The summed E-state index contributed by atoms with van der Waals surface area (Å²) in [6.07, 6.45) is 0. The maximum Gasteiger partial charge on any atom is 0.269 e. The van der Waals surface area contributed by atoms with E-state index >= 15 is 0 Å². The van der Waals surface area contributed by atoms with Gasteiger partial charge in [-0.05, 0) is 17.7 Å². The van der Waals surface area contributed by atoms with Crippen LogP contribution in [0.15, 0.2) is 78.9 Å². The highest BCUT2D eigenvalue weighted by molar-refractivity contribution is 6.35. The predicted molar refractivity (Wildman–Crippen MR) is 108 cm³/mol. The first-order chi connectivity index (χ1) is 14.5. The number of carbonyl (C=O) groups is 3. The lowest BCUT2D eigenvalue weighted by atomic mass is 9.91. The number of nitro groups is 1. The van der Waals surface area contributed by atoms with Gasteiger partial charge in [-0.3, -0.25) is 24.5 Å². The van der Waals surface area contributed by atoms with Crippen LogP contribution in [0, 0.1) is 21.4 Å². The average molecular weight is 397 g/mol. The number of rotatable bonds is 4. The number of carbonyl (C=O) groups excluding carboxylic acids is 3. The van der Waals surface area contributed by atoms with Crippen molar-refractivity contribution in [1.29, 1.82) is 0 Å². The lowest BCUT2D eigenvalue weighted by Crippen LogP contribution is -2.23. The zero-order valence-electron chi connectivity index (χ0n) is 15.6. The van der Waals surface area contributed by atoms with Crippen molar-refractivity contribution in [2.24, 2.45) is 11.3 Å². The second-order valence-corrected chi connectivity index (χ2v) is 7.61. The molecule has 0 saturated heterocycles. The van der Waals surface area contributed by atoms with E-state index in [-0.39, 0.29) is 28.6 Å². The van der Waals surface area contributed by atoms with Gasteiger partial charge in [0.2, 0.25) is 0 Å². The van der Waals surface area contributed by atoms with Crippen LogP contribution in [0.1, 0.15) is 42.6 Å². The highest BCUT2D eigenvalue weighted by atomic mass is 16.6. The van der Waals surface area contributed by atoms with Gasteiger partial charge >= 0.3 is 0 Å². The van der Waals surface area contributed by atoms with Crippen LogP contribution in [-0.2, 0) is 0 Å². The number of non-ortho nitro benzene ring substituents is 1. The van der Waals surface area contributed by atoms with Gasteiger partial charge in [0.05, 0.1) is 10.8 Å². The minimum Gasteiger partial charge on any atom is -0.294 e. The van der Waals surface area contributed by atoms with Crippen molar-refractivity contribution >= 4 is 23.0 Å². The molecule has 5 rings (SSSR count). The van der Waals surface area contributed by atoms with Crippen LogP contribution in [0.2, 0.25) is 0 Å². The van der Waals surface area contributed by atoms with Gasteiger partial charge in [-0.25, -0.2) is 0 Å². The summed E-state index contributed by atoms with van der Waals surface area (Å²) in [4.78, 5) is 50.6. The predicted octanol–water partition coefficient (Wildman–Crippen LogP) is 4.26. The molecule has 6 heteroatoms. The van der Waals surface area contributed by atoms with Crippen molar-refractivity contribution in [3.63, 3.8) is 0 Å². The van der Waals surface area contributed by atoms with Crippen LogP contribution in [0.3, 0.4) is 0 Å². The zero-order chi connectivity index (χ0) is 21.0. The van der Waals surface area contributed by atoms with Crippen molar-refractivity contribution in [3.8, 4) is 0 Å². The molecule has 3 aromatic rings. The van der Waals surface area contributed by atoms with Gasteiger partial charge in [-0.1, -0.05) is 54.6 Å². The molecule has 0 amide bonds. The molecule has 2 atom stereocenters. The zero-order valence-corrected chi connectivity index (χ0v) is 15.6. The quantitative estimate of drug-likeness (QED) is 0.284. The summed E-state index contributed by atoms with van der Waals surface area (Å²) in [5, 5.41) is 10.9. The molecule has 146 valence electrons. The molecule has 0 unspecified atom stereocenters. The van der Waals surface area contributed by atoms with Gasteiger partial charge in [0.15, 0.2) is 17.3 Å². The first-order valence-electron chi connectivity index (χ1n) is 9.50. The van der Waals surface area contributed by atoms with Gasteiger partial charge < -0.3 is 0 Å². The summed E-state index contributed by atoms with van der Waals surface area (Å²) < 4.78 is 0. The van der Waals surface area contributed by atoms with Crippen molar-refractivity contribution < 1.29 is 19.3 Å². The normalized spacial score (nSPS) is 20.8. The lowest BCUT2D eigenvalue weighted by molar-refractivity contribution is -0.384. The number of hydrogen-bond acceptors (Lipinski definition) is 5. The van der Waals surface area contributed by atoms with Gasteiger partial charge in [0.1, 0.15) is 5.41 Å². The second-order valence-electron chi connectivity index (χ2n) is 7.61. The van der Waals surface area contributed by atoms with Crippen LogP contribution < -0.4 is 0 Å². The maximum atomic E-state index is 13.4. The maximum absolute atomic E-state index is 13.4. The molecule has 1 saturated carbocycles. The standard InChI is InChI=1S/C24H15NO5/c26-21(15-10-12-16(13-11-15)25(29)30)20-19(14-6-2-1-3-7-14)24(20)22(27)17-8-4-5-9-18(17)23(24)28/h1-13,19-20H/t19-,20-/m0/s1. The van der Waals surface area contributed by atoms with E-state index in [2.05, 4.69) is 0 Å². The largest absolute Gasteiger partial charge is 0.294 e. The minimum absolute atomic E-state index is 0.128. The first kappa shape index (κ1) is 18.1. The summed E-state index contributed by atoms with van der Waals surface area (Å²) >= 11 is 0. The third kappa shape index (κ3) is 2.27. The second kappa shape index (κ2) is 6.29. The van der Waals surface area contributed by atoms with Crippen LogP contribution in [0.4, 0.5) is 5.69 Å². The number of benzene rings is 3. The lowest BCUT2D eigenvalue weighted by Gasteiger charge is -2.06. The van der Waals surface area contributed by atoms with Crippen molar-refractivity contribution in [3.05, 3.63) is 111 Å². The molecule has 0 aliphatic heterocycles. The Kier molecular flexibility index (Phi) is 3.80. The van der Waals surface area contributed by atoms with Gasteiger partial charge in [0, 0.05) is 34.7 Å². The number of nitro benzene ring substituents is 1. The van der Waals surface area contributed by atoms with Crippen LogP contribution in [0.5, 0.6) is 0 Å². The molecule has 0 heterocycles. The minimum atomic E-state index is -1.44. The van der Waals surface area contributed by atoms with E-state index in [1.165, 1.54) is 24.3 Å². The van der Waals surface area contributed by atoms with Crippen LogP contribution in [-0.4, -0.2) is 22.3 Å². The smallest absolute Gasteiger partial charge is 0.269 e. The average Bonchev–Trinajstić information content (AvgIpc) is 3.44. The third-order valence-electron chi connectivity index (χ3n) is 6.18. The molecule has 1 fully saturated rings. The number of hydrogen-bond donors (Lipinski definition) is 0. The Labute approximate surface area is 171 Å². The number of Topliss-reactive ketones (excluding diaryl/α,β-unsaturated/α-hetero) is 3. The topological polar surface area (TPSA) is 94.3 Å². The van der Waals surface area contributed by atoms with E-state index in [0.29, 0.717) is 11.1 Å². The summed E-state index contributed by atoms with van der Waals surface area (Å²) in [5.41, 5.74) is 0.137. The summed E-state index contributed by atoms with van der Waals surface area (Å²) in [6.45, 7) is 0. The third-order valence-corrected chi connectivity index (χ3v) is 6.18. The first-order valence-corrected chi connectivity index (χ1v) is 9.50. The Morgan fingerprint density at radius 3 is 1.87 bits per heavy atom. The highest BCUT2D eigenvalue weighted by Gasteiger charge is 2.78. The molecule has 2 aliphatic rings. The molecular weight excluding hydrogens is 382 g/mol. The van der Waals surface area contributed by atoms with E-state index in [4.69, 9.17) is 0 Å². The Bertz CT molecular complexity index is 1190. The van der Waals surface area contributed by atoms with Crippen LogP contribution >= 0.6 is 0 Å². The molecule has 0 aromatic heterocycles. The fourth-order valence-electron chi connectivity index (χ4n) is 4.78. The Hall–Kier alpha value is -3.93. The number of ketones is 3. The van der Waals surface area contributed by atoms with Gasteiger partial charge in [-0.2, -0.15) is 0 Å². The summed E-state index contributed by atoms with van der Waals surface area (Å²) in [7, 11) is 0. The molecule has 1 spiro atoms. The summed E-state index contributed by atoms with van der Waals surface area (Å²) in [5.74, 6) is -2.40. The molecule has 3 aromatic carbocycles. The molecular formula is C24H15NO5. The molecule has 30 heavy (non-hydrogen) atoms. The fourth-order valence-corrected chi connectivity index (χ4v) is 4.78. The molecule has 0 bridgehead atoms. The van der Waals surface area contributed by atoms with E-state index in [0.717, 1.165) is 5.56 Å². The Balaban J connectivity index is 1.61. The number of nitrogens with zero attached hydrogens (tertiary/aromatic N) is 1. The Morgan fingerprint density at radius 1 is 0.800 bits per heavy atom. The van der Waals surface area contributed by atoms with E-state index < -0.39 is 22.2 Å². The van der Waals surface area contributed by atoms with Gasteiger partial charge in [-0.15, -0.1) is 0 Å². The van der Waals surface area contributed by atoms with Crippen molar-refractivity contribution in [1.82, 2.24) is 0 Å². The fraction of sp³-hybridized carbons (Fsp3) is 0.125. The monoisotopic (exact) mass is 397 g/mol. The van der Waals surface area contributed by atoms with E-state index in [1.807, 2.05) is 30.3 Å². The van der Waals surface area contributed by atoms with Gasteiger partial charge in [0.25, 0.3) is 5.69 Å². The molecule has 0 radical (unpaired) electrons. The van der Waals surface area contributed by atoms with E-state index in [9.17, 15) is 24.5 Å². The van der Waals surface area contributed by atoms with Crippen molar-refractivity contribution in [2.75, 3.05) is 0 Å². The number of fused-ring (bicyclic) bond motifs is 1. The highest BCUT2D eigenvalue weighted by Crippen LogP contribution is 2.70. The van der Waals surface area contributed by atoms with Crippen molar-refractivity contribution in [2.45, 2.75) is 5.92 Å². The Morgan fingerprint density at radius 2 is 1.33 bits per heavy atom. The van der Waals surface area contributed by atoms with E-state index in [1.54, 1.807) is 24.3 Å². The molecule has 6 nitrogen and oxygen atoms in total. The SMILES string of the molecule is O=C(c1ccc([N+](=O)[O-])cc1)[C@@H]1[C@H](c2ccccc2)C12C(=O)c1ccccc1C2=O. The van der Waals surface area contributed by atoms with Crippen LogP contribution in [0.25, 0.3) is 0 Å². The molecule has 2 aliphatic carbocycles. The molecule has 0 N–H and O–H groups in total.